The minimum absolute atomic E-state index is 0.0761. The van der Waals surface area contributed by atoms with Gasteiger partial charge in [0.15, 0.2) is 5.78 Å². The predicted molar refractivity (Wildman–Crippen MR) is 135 cm³/mol. The van der Waals surface area contributed by atoms with Gasteiger partial charge in [-0.05, 0) is 29.2 Å². The van der Waals surface area contributed by atoms with Gasteiger partial charge in [-0.2, -0.15) is 0 Å². The van der Waals surface area contributed by atoms with Crippen molar-refractivity contribution in [2.45, 2.75) is 45.6 Å². The summed E-state index contributed by atoms with van der Waals surface area (Å²) in [6, 6.07) is 15.2. The molecule has 0 spiro atoms. The van der Waals surface area contributed by atoms with Gasteiger partial charge in [-0.3, -0.25) is 24.0 Å². The van der Waals surface area contributed by atoms with E-state index in [9.17, 15) is 24.0 Å². The smallest absolute Gasteiger partial charge is 0.322 e. The lowest BCUT2D eigenvalue weighted by Crippen LogP contribution is -2.43. The van der Waals surface area contributed by atoms with Crippen LogP contribution in [0.1, 0.15) is 50.7 Å². The van der Waals surface area contributed by atoms with Crippen LogP contribution in [-0.2, 0) is 28.7 Å². The summed E-state index contributed by atoms with van der Waals surface area (Å²) in [5.74, 6) is -4.64. The number of hydrogen-bond donors (Lipinski definition) is 3. The highest BCUT2D eigenvalue weighted by Crippen LogP contribution is 2.44. The molecule has 1 aliphatic carbocycles. The molecule has 0 heterocycles. The maximum atomic E-state index is 12.6. The SMILES string of the molecule is C[C@H](CC(=O)[C@@H](C)NC(=O)[C@H](C)CC(=O)OCC1c2ccccc2-c2ccccc21)C(=O)NCC(=O)O. The zero-order chi connectivity index (χ0) is 27.1. The zero-order valence-electron chi connectivity index (χ0n) is 21.2. The summed E-state index contributed by atoms with van der Waals surface area (Å²) in [4.78, 5) is 60.0. The molecule has 37 heavy (non-hydrogen) atoms. The first kappa shape index (κ1) is 27.6. The van der Waals surface area contributed by atoms with Crippen LogP contribution in [0.15, 0.2) is 48.5 Å². The number of aliphatic carboxylic acids is 1. The van der Waals surface area contributed by atoms with Crippen molar-refractivity contribution >= 4 is 29.5 Å². The average Bonchev–Trinajstić information content (AvgIpc) is 3.19. The molecule has 3 N–H and O–H groups in total. The van der Waals surface area contributed by atoms with Crippen molar-refractivity contribution in [3.05, 3.63) is 59.7 Å². The number of carbonyl (C=O) groups excluding carboxylic acids is 4. The van der Waals surface area contributed by atoms with Crippen molar-refractivity contribution in [2.75, 3.05) is 13.2 Å². The quantitative estimate of drug-likeness (QED) is 0.375. The van der Waals surface area contributed by atoms with Crippen LogP contribution in [-0.4, -0.2) is 53.8 Å². The van der Waals surface area contributed by atoms with Crippen LogP contribution in [0.25, 0.3) is 11.1 Å². The molecule has 0 bridgehead atoms. The van der Waals surface area contributed by atoms with Gasteiger partial charge in [-0.25, -0.2) is 0 Å². The molecule has 9 nitrogen and oxygen atoms in total. The Morgan fingerprint density at radius 1 is 0.838 bits per heavy atom. The highest BCUT2D eigenvalue weighted by atomic mass is 16.5. The Morgan fingerprint density at radius 3 is 1.95 bits per heavy atom. The number of carboxylic acid groups (broad SMARTS) is 1. The molecule has 2 aromatic carbocycles. The highest BCUT2D eigenvalue weighted by molar-refractivity contribution is 5.93. The Kier molecular flexibility index (Phi) is 9.16. The van der Waals surface area contributed by atoms with Crippen LogP contribution in [0.5, 0.6) is 0 Å². The third-order valence-electron chi connectivity index (χ3n) is 6.50. The third-order valence-corrected chi connectivity index (χ3v) is 6.50. The van der Waals surface area contributed by atoms with Crippen molar-refractivity contribution in [3.63, 3.8) is 0 Å². The number of benzene rings is 2. The fourth-order valence-corrected chi connectivity index (χ4v) is 4.36. The molecule has 3 rings (SSSR count). The van der Waals surface area contributed by atoms with E-state index in [2.05, 4.69) is 10.6 Å². The van der Waals surface area contributed by atoms with Crippen LogP contribution < -0.4 is 10.6 Å². The van der Waals surface area contributed by atoms with Gasteiger partial charge in [0.1, 0.15) is 13.2 Å². The monoisotopic (exact) mass is 508 g/mol. The number of amides is 2. The van der Waals surface area contributed by atoms with Gasteiger partial charge in [0.2, 0.25) is 11.8 Å². The van der Waals surface area contributed by atoms with Crippen LogP contribution in [0.4, 0.5) is 0 Å². The largest absolute Gasteiger partial charge is 0.480 e. The van der Waals surface area contributed by atoms with E-state index in [1.54, 1.807) is 6.92 Å². The van der Waals surface area contributed by atoms with Gasteiger partial charge in [-0.1, -0.05) is 62.4 Å². The summed E-state index contributed by atoms with van der Waals surface area (Å²) in [7, 11) is 0. The number of hydrogen-bond acceptors (Lipinski definition) is 6. The van der Waals surface area contributed by atoms with Crippen LogP contribution >= 0.6 is 0 Å². The van der Waals surface area contributed by atoms with Crippen LogP contribution in [0, 0.1) is 11.8 Å². The van der Waals surface area contributed by atoms with E-state index in [-0.39, 0.29) is 31.1 Å². The standard InChI is InChI=1S/C28H32N2O7/c1-16(27(35)29-14-25(32)33)12-24(31)18(3)30-28(36)17(2)13-26(34)37-15-23-21-10-6-4-8-19(21)20-9-5-7-11-22(20)23/h4-11,16-18,23H,12-15H2,1-3H3,(H,29,35)(H,30,36)(H,32,33)/t16-,17-,18-/m1/s1. The second-order valence-electron chi connectivity index (χ2n) is 9.43. The fraction of sp³-hybridized carbons (Fsp3) is 0.393. The Labute approximate surface area is 215 Å². The topological polar surface area (TPSA) is 139 Å². The summed E-state index contributed by atoms with van der Waals surface area (Å²) < 4.78 is 5.56. The molecule has 196 valence electrons. The third kappa shape index (κ3) is 7.03. The molecular formula is C28H32N2O7. The first-order valence-corrected chi connectivity index (χ1v) is 12.2. The van der Waals surface area contributed by atoms with Gasteiger partial charge in [0.05, 0.1) is 12.5 Å². The lowest BCUT2D eigenvalue weighted by molar-refractivity contribution is -0.147. The number of ketones is 1. The number of carboxylic acids is 1. The van der Waals surface area contributed by atoms with E-state index in [4.69, 9.17) is 9.84 Å². The molecule has 0 saturated carbocycles. The molecular weight excluding hydrogens is 476 g/mol. The first-order chi connectivity index (χ1) is 17.6. The summed E-state index contributed by atoms with van der Waals surface area (Å²) >= 11 is 0. The Hall–Kier alpha value is -4.01. The van der Waals surface area contributed by atoms with E-state index in [1.807, 2.05) is 48.5 Å². The van der Waals surface area contributed by atoms with Gasteiger partial charge < -0.3 is 20.5 Å². The Bertz CT molecular complexity index is 1150. The second-order valence-corrected chi connectivity index (χ2v) is 9.43. The van der Waals surface area contributed by atoms with E-state index >= 15 is 0 Å². The second kappa shape index (κ2) is 12.3. The Balaban J connectivity index is 1.47. The minimum Gasteiger partial charge on any atom is -0.480 e. The fourth-order valence-electron chi connectivity index (χ4n) is 4.36. The van der Waals surface area contributed by atoms with Gasteiger partial charge >= 0.3 is 11.9 Å². The molecule has 0 radical (unpaired) electrons. The molecule has 0 aromatic heterocycles. The molecule has 3 atom stereocenters. The van der Waals surface area contributed by atoms with Crippen molar-refractivity contribution in [1.29, 1.82) is 0 Å². The number of rotatable bonds is 12. The highest BCUT2D eigenvalue weighted by Gasteiger charge is 2.30. The molecule has 0 aliphatic heterocycles. The molecule has 2 amide bonds. The van der Waals surface area contributed by atoms with Crippen molar-refractivity contribution in [2.24, 2.45) is 11.8 Å². The molecule has 0 unspecified atom stereocenters. The summed E-state index contributed by atoms with van der Waals surface area (Å²) in [5, 5.41) is 13.4. The molecule has 2 aromatic rings. The minimum atomic E-state index is -1.18. The predicted octanol–water partition coefficient (Wildman–Crippen LogP) is 2.67. The summed E-state index contributed by atoms with van der Waals surface area (Å²) in [6.45, 7) is 4.22. The van der Waals surface area contributed by atoms with Crippen molar-refractivity contribution in [1.82, 2.24) is 10.6 Å². The number of nitrogens with one attached hydrogen (secondary N) is 2. The summed E-state index contributed by atoms with van der Waals surface area (Å²) in [5.41, 5.74) is 4.44. The number of Topliss-reactive ketones (excluding diaryl/α,β-unsaturated/α-hetero) is 1. The maximum Gasteiger partial charge on any atom is 0.322 e. The van der Waals surface area contributed by atoms with Crippen LogP contribution in [0.2, 0.25) is 0 Å². The lowest BCUT2D eigenvalue weighted by atomic mass is 9.98. The number of carbonyl (C=O) groups is 5. The van der Waals surface area contributed by atoms with E-state index in [0.717, 1.165) is 22.3 Å². The van der Waals surface area contributed by atoms with E-state index in [1.165, 1.54) is 13.8 Å². The van der Waals surface area contributed by atoms with Gasteiger partial charge in [-0.15, -0.1) is 0 Å². The molecule has 0 fully saturated rings. The first-order valence-electron chi connectivity index (χ1n) is 12.2. The number of esters is 1. The van der Waals surface area contributed by atoms with Gasteiger partial charge in [0, 0.05) is 24.2 Å². The van der Waals surface area contributed by atoms with Gasteiger partial charge in [0.25, 0.3) is 0 Å². The summed E-state index contributed by atoms with van der Waals surface area (Å²) in [6.07, 6.45) is -0.301. The van der Waals surface area contributed by atoms with Crippen LogP contribution in [0.3, 0.4) is 0 Å². The van der Waals surface area contributed by atoms with E-state index < -0.39 is 48.2 Å². The number of fused-ring (bicyclic) bond motifs is 3. The van der Waals surface area contributed by atoms with Crippen molar-refractivity contribution in [3.8, 4) is 11.1 Å². The maximum absolute atomic E-state index is 12.6. The Morgan fingerprint density at radius 2 is 1.38 bits per heavy atom. The average molecular weight is 509 g/mol. The molecule has 0 saturated heterocycles. The van der Waals surface area contributed by atoms with E-state index in [0.29, 0.717) is 0 Å². The van der Waals surface area contributed by atoms with Crippen molar-refractivity contribution < 1.29 is 33.8 Å². The molecule has 9 heteroatoms. The molecule has 1 aliphatic rings. The normalized spacial score (nSPS) is 14.5. The number of ether oxygens (including phenoxy) is 1. The lowest BCUT2D eigenvalue weighted by Gasteiger charge is -2.19. The zero-order valence-corrected chi connectivity index (χ0v) is 21.2.